The first-order chi connectivity index (χ1) is 28.3. The molecule has 0 spiro atoms. The Bertz CT molecular complexity index is 3410. The van der Waals surface area contributed by atoms with Crippen LogP contribution in [0.1, 0.15) is 0 Å². The number of hydrogen-bond acceptors (Lipinski definition) is 5. The zero-order chi connectivity index (χ0) is 37.5. The van der Waals surface area contributed by atoms with Crippen LogP contribution in [0.25, 0.3) is 117 Å². The maximum atomic E-state index is 7.03. The summed E-state index contributed by atoms with van der Waals surface area (Å²) >= 11 is 0. The van der Waals surface area contributed by atoms with Crippen LogP contribution in [0.3, 0.4) is 0 Å². The van der Waals surface area contributed by atoms with E-state index in [1.807, 2.05) is 72.8 Å². The predicted molar refractivity (Wildman–Crippen MR) is 230 cm³/mol. The number of benzene rings is 8. The lowest BCUT2D eigenvalue weighted by molar-refractivity contribution is 0.667. The topological polar surface area (TPSA) is 69.9 Å². The van der Waals surface area contributed by atoms with Crippen LogP contribution in [-0.4, -0.2) is 19.5 Å². The van der Waals surface area contributed by atoms with Crippen LogP contribution >= 0.6 is 0 Å². The van der Waals surface area contributed by atoms with Crippen molar-refractivity contribution in [1.82, 2.24) is 19.5 Å². The summed E-state index contributed by atoms with van der Waals surface area (Å²) in [7, 11) is 0. The van der Waals surface area contributed by atoms with E-state index in [9.17, 15) is 0 Å². The van der Waals surface area contributed by atoms with E-state index in [2.05, 4.69) is 114 Å². The average Bonchev–Trinajstić information content (AvgIpc) is 3.96. The molecule has 0 fully saturated rings. The molecule has 0 atom stereocenters. The fraction of sp³-hybridized carbons (Fsp3) is 0. The van der Waals surface area contributed by atoms with Crippen molar-refractivity contribution in [1.29, 1.82) is 0 Å². The lowest BCUT2D eigenvalue weighted by Gasteiger charge is -2.08. The minimum atomic E-state index is 0.580. The highest BCUT2D eigenvalue weighted by molar-refractivity contribution is 6.18. The summed E-state index contributed by atoms with van der Waals surface area (Å²) in [6, 6.07) is 62.5. The molecule has 0 N–H and O–H groups in total. The third-order valence-corrected chi connectivity index (χ3v) is 11.1. The van der Waals surface area contributed by atoms with Crippen molar-refractivity contribution in [2.45, 2.75) is 0 Å². The summed E-state index contributed by atoms with van der Waals surface area (Å²) in [5.74, 6) is 1.81. The second-order valence-corrected chi connectivity index (χ2v) is 14.3. The quantitative estimate of drug-likeness (QED) is 0.176. The molecule has 0 aliphatic carbocycles. The second kappa shape index (κ2) is 12.3. The fourth-order valence-electron chi connectivity index (χ4n) is 8.50. The average molecular weight is 731 g/mol. The summed E-state index contributed by atoms with van der Waals surface area (Å²) in [5.41, 5.74) is 11.3. The first-order valence-corrected chi connectivity index (χ1v) is 19.0. The smallest absolute Gasteiger partial charge is 0.164 e. The molecular weight excluding hydrogens is 701 g/mol. The van der Waals surface area contributed by atoms with E-state index in [0.29, 0.717) is 17.5 Å². The van der Waals surface area contributed by atoms with Gasteiger partial charge >= 0.3 is 0 Å². The Kier molecular flexibility index (Phi) is 6.83. The lowest BCUT2D eigenvalue weighted by Crippen LogP contribution is -2.00. The van der Waals surface area contributed by atoms with Crippen molar-refractivity contribution in [2.24, 2.45) is 0 Å². The molecule has 6 heteroatoms. The van der Waals surface area contributed by atoms with Gasteiger partial charge in [-0.1, -0.05) is 146 Å². The molecule has 0 saturated carbocycles. The molecule has 57 heavy (non-hydrogen) atoms. The number of aromatic nitrogens is 4. The van der Waals surface area contributed by atoms with Crippen LogP contribution in [0.2, 0.25) is 0 Å². The summed E-state index contributed by atoms with van der Waals surface area (Å²) in [5, 5.41) is 6.60. The molecule has 4 heterocycles. The van der Waals surface area contributed by atoms with Gasteiger partial charge < -0.3 is 13.4 Å². The molecule has 0 aliphatic rings. The highest BCUT2D eigenvalue weighted by atomic mass is 16.3. The Balaban J connectivity index is 1.03. The zero-order valence-corrected chi connectivity index (χ0v) is 30.4. The van der Waals surface area contributed by atoms with Crippen molar-refractivity contribution < 1.29 is 8.83 Å². The molecule has 4 aromatic heterocycles. The molecule has 6 nitrogen and oxygen atoms in total. The maximum absolute atomic E-state index is 7.03. The third-order valence-electron chi connectivity index (χ3n) is 11.1. The van der Waals surface area contributed by atoms with E-state index in [4.69, 9.17) is 23.8 Å². The van der Waals surface area contributed by atoms with Gasteiger partial charge in [0.15, 0.2) is 23.1 Å². The molecular formula is C51H30N4O2. The number of furan rings is 2. The van der Waals surface area contributed by atoms with E-state index in [1.165, 1.54) is 10.8 Å². The standard InChI is InChI=1S/C51H30N4O2/c1-3-14-31(15-4-1)49-52-50(32-16-5-2-6-17-32)54-51(53-49)33-28-29-40-45(30-33)56-44-27-13-20-36(46(40)44)37-21-11-22-38-39-23-12-26-43(48(39)57-47(37)38)55-41-24-9-7-18-34(41)35-19-8-10-25-42(35)55/h1-30H. The molecule has 266 valence electrons. The van der Waals surface area contributed by atoms with Gasteiger partial charge in [0.05, 0.1) is 16.7 Å². The van der Waals surface area contributed by atoms with Crippen LogP contribution in [0.5, 0.6) is 0 Å². The van der Waals surface area contributed by atoms with Crippen molar-refractivity contribution in [3.05, 3.63) is 182 Å². The largest absolute Gasteiger partial charge is 0.456 e. The Morgan fingerprint density at radius 1 is 0.351 bits per heavy atom. The Labute approximate surface area is 325 Å². The number of fused-ring (bicyclic) bond motifs is 9. The van der Waals surface area contributed by atoms with Gasteiger partial charge in [0, 0.05) is 54.6 Å². The van der Waals surface area contributed by atoms with Crippen molar-refractivity contribution in [3.8, 4) is 51.0 Å². The van der Waals surface area contributed by atoms with Gasteiger partial charge in [0.1, 0.15) is 16.7 Å². The maximum Gasteiger partial charge on any atom is 0.164 e. The summed E-state index contributed by atoms with van der Waals surface area (Å²) in [6.07, 6.45) is 0. The second-order valence-electron chi connectivity index (χ2n) is 14.3. The molecule has 0 radical (unpaired) electrons. The van der Waals surface area contributed by atoms with E-state index < -0.39 is 0 Å². The third kappa shape index (κ3) is 4.87. The molecule has 0 aliphatic heterocycles. The number of nitrogens with zero attached hydrogens (tertiary/aromatic N) is 4. The SMILES string of the molecule is c1ccc(-c2nc(-c3ccccc3)nc(-c3ccc4c(c3)oc3cccc(-c5cccc6c5oc5c(-n7c8ccccc8c8ccccc87)cccc56)c34)n2)cc1. The predicted octanol–water partition coefficient (Wildman–Crippen LogP) is 13.4. The number of para-hydroxylation sites is 4. The zero-order valence-electron chi connectivity index (χ0n) is 30.4. The van der Waals surface area contributed by atoms with Gasteiger partial charge in [0.25, 0.3) is 0 Å². The van der Waals surface area contributed by atoms with Crippen molar-refractivity contribution in [2.75, 3.05) is 0 Å². The number of rotatable bonds is 5. The Hall–Kier alpha value is -7.83. The van der Waals surface area contributed by atoms with Crippen molar-refractivity contribution >= 4 is 65.7 Å². The van der Waals surface area contributed by atoms with Gasteiger partial charge in [-0.3, -0.25) is 0 Å². The van der Waals surface area contributed by atoms with Gasteiger partial charge in [0.2, 0.25) is 0 Å². The minimum Gasteiger partial charge on any atom is -0.456 e. The Morgan fingerprint density at radius 3 is 1.58 bits per heavy atom. The molecule has 8 aromatic carbocycles. The molecule has 0 saturated heterocycles. The van der Waals surface area contributed by atoms with Crippen LogP contribution in [0.15, 0.2) is 191 Å². The monoisotopic (exact) mass is 730 g/mol. The van der Waals surface area contributed by atoms with Gasteiger partial charge in [-0.2, -0.15) is 0 Å². The normalized spacial score (nSPS) is 11.9. The van der Waals surface area contributed by atoms with E-state index in [-0.39, 0.29) is 0 Å². The highest BCUT2D eigenvalue weighted by Crippen LogP contribution is 2.44. The van der Waals surface area contributed by atoms with Crippen molar-refractivity contribution in [3.63, 3.8) is 0 Å². The first-order valence-electron chi connectivity index (χ1n) is 19.0. The van der Waals surface area contributed by atoms with Gasteiger partial charge in [-0.15, -0.1) is 0 Å². The van der Waals surface area contributed by atoms with Crippen LogP contribution < -0.4 is 0 Å². The molecule has 0 unspecified atom stereocenters. The summed E-state index contributed by atoms with van der Waals surface area (Å²) in [6.45, 7) is 0. The van der Waals surface area contributed by atoms with Gasteiger partial charge in [-0.05, 0) is 42.0 Å². The van der Waals surface area contributed by atoms with Crippen LogP contribution in [-0.2, 0) is 0 Å². The molecule has 12 rings (SSSR count). The van der Waals surface area contributed by atoms with Crippen LogP contribution in [0.4, 0.5) is 0 Å². The summed E-state index contributed by atoms with van der Waals surface area (Å²) in [4.78, 5) is 14.8. The highest BCUT2D eigenvalue weighted by Gasteiger charge is 2.22. The summed E-state index contributed by atoms with van der Waals surface area (Å²) < 4.78 is 16.0. The Morgan fingerprint density at radius 2 is 0.895 bits per heavy atom. The lowest BCUT2D eigenvalue weighted by atomic mass is 9.97. The first kappa shape index (κ1) is 31.5. The van der Waals surface area contributed by atoms with E-state index in [1.54, 1.807) is 0 Å². The fourth-order valence-corrected chi connectivity index (χ4v) is 8.50. The minimum absolute atomic E-state index is 0.580. The molecule has 0 bridgehead atoms. The molecule has 0 amide bonds. The van der Waals surface area contributed by atoms with Crippen LogP contribution in [0, 0.1) is 0 Å². The van der Waals surface area contributed by atoms with E-state index in [0.717, 1.165) is 88.4 Å². The molecule has 12 aromatic rings. The van der Waals surface area contributed by atoms with Gasteiger partial charge in [-0.25, -0.2) is 15.0 Å². The van der Waals surface area contributed by atoms with E-state index >= 15 is 0 Å². The number of hydrogen-bond donors (Lipinski definition) is 0.